The highest BCUT2D eigenvalue weighted by Crippen LogP contribution is 2.38. The lowest BCUT2D eigenvalue weighted by molar-refractivity contribution is 0.463. The smallest absolute Gasteiger partial charge is 0.264 e. The molecule has 0 aliphatic heterocycles. The monoisotopic (exact) mass is 337 g/mol. The predicted octanol–water partition coefficient (Wildman–Crippen LogP) is 4.19. The van der Waals surface area contributed by atoms with Gasteiger partial charge in [-0.3, -0.25) is 10.3 Å². The fourth-order valence-corrected chi connectivity index (χ4v) is 3.34. The van der Waals surface area contributed by atoms with Gasteiger partial charge in [0.1, 0.15) is 0 Å². The Kier molecular flexibility index (Phi) is 5.44. The summed E-state index contributed by atoms with van der Waals surface area (Å²) in [6.45, 7) is 0. The van der Waals surface area contributed by atoms with Crippen molar-refractivity contribution < 1.29 is 9.46 Å². The van der Waals surface area contributed by atoms with E-state index >= 15 is 0 Å². The number of hydrogen-bond acceptors (Lipinski definition) is 3. The van der Waals surface area contributed by atoms with Crippen LogP contribution in [0.4, 0.5) is 0 Å². The van der Waals surface area contributed by atoms with Crippen molar-refractivity contribution in [3.8, 4) is 0 Å². The van der Waals surface area contributed by atoms with Gasteiger partial charge in [-0.2, -0.15) is 4.89 Å². The highest BCUT2D eigenvalue weighted by atomic mass is 31.1. The summed E-state index contributed by atoms with van der Waals surface area (Å²) in [6.07, 6.45) is 3.27. The predicted molar refractivity (Wildman–Crippen MR) is 94.7 cm³/mol. The summed E-state index contributed by atoms with van der Waals surface area (Å²) in [7, 11) is -2.45. The number of aromatic nitrogens is 1. The molecule has 24 heavy (non-hydrogen) atoms. The van der Waals surface area contributed by atoms with E-state index in [4.69, 9.17) is 0 Å². The van der Waals surface area contributed by atoms with E-state index in [1.807, 2.05) is 60.7 Å². The summed E-state index contributed by atoms with van der Waals surface area (Å²) in [5.74, 6) is -0.695. The fraction of sp³-hybridized carbons (Fsp3) is 0.105. The first-order valence-electron chi connectivity index (χ1n) is 7.67. The number of nitrogens with one attached hydrogen (secondary N) is 1. The first-order valence-corrected chi connectivity index (χ1v) is 8.95. The van der Waals surface area contributed by atoms with Crippen molar-refractivity contribution >= 4 is 8.03 Å². The van der Waals surface area contributed by atoms with Crippen molar-refractivity contribution in [2.24, 2.45) is 0 Å². The Hall–Kier alpha value is -2.39. The summed E-state index contributed by atoms with van der Waals surface area (Å²) in [5, 5.41) is 3.33. The van der Waals surface area contributed by atoms with Crippen LogP contribution in [0.25, 0.3) is 0 Å². The standard InChI is InChI=1S/C19H17N2O2P/c22-24(23)19(17-12-7-13-20-14-17)21-18(15-8-3-1-4-9-15)16-10-5-2-6-11-16/h1-14,18-19,21H/p+1. The first kappa shape index (κ1) is 16.5. The molecule has 5 heteroatoms. The van der Waals surface area contributed by atoms with Gasteiger partial charge < -0.3 is 0 Å². The van der Waals surface area contributed by atoms with E-state index in [0.717, 1.165) is 11.1 Å². The van der Waals surface area contributed by atoms with Crippen molar-refractivity contribution in [3.05, 3.63) is 102 Å². The minimum absolute atomic E-state index is 0.191. The number of pyridine rings is 1. The van der Waals surface area contributed by atoms with Crippen molar-refractivity contribution in [2.45, 2.75) is 11.8 Å². The van der Waals surface area contributed by atoms with E-state index in [1.165, 1.54) is 0 Å². The van der Waals surface area contributed by atoms with Crippen molar-refractivity contribution in [1.82, 2.24) is 10.3 Å². The molecule has 1 heterocycles. The van der Waals surface area contributed by atoms with Gasteiger partial charge in [-0.05, 0) is 27.8 Å². The highest BCUT2D eigenvalue weighted by molar-refractivity contribution is 7.38. The Balaban J connectivity index is 1.98. The van der Waals surface area contributed by atoms with Crippen LogP contribution in [0.2, 0.25) is 0 Å². The van der Waals surface area contributed by atoms with Gasteiger partial charge in [0.05, 0.1) is 6.04 Å². The maximum atomic E-state index is 12.0. The van der Waals surface area contributed by atoms with Crippen molar-refractivity contribution in [3.63, 3.8) is 0 Å². The molecule has 2 aromatic carbocycles. The Bertz CT molecular complexity index is 743. The van der Waals surface area contributed by atoms with Crippen LogP contribution in [-0.2, 0) is 4.57 Å². The molecular weight excluding hydrogens is 319 g/mol. The van der Waals surface area contributed by atoms with Crippen LogP contribution in [-0.4, -0.2) is 9.88 Å². The number of rotatable bonds is 6. The zero-order valence-electron chi connectivity index (χ0n) is 13.0. The van der Waals surface area contributed by atoms with Gasteiger partial charge in [0, 0.05) is 18.0 Å². The third-order valence-corrected chi connectivity index (χ3v) is 4.70. The molecule has 0 fully saturated rings. The topological polar surface area (TPSA) is 62.2 Å². The zero-order chi connectivity index (χ0) is 16.8. The molecule has 0 aliphatic rings. The second-order valence-electron chi connectivity index (χ2n) is 5.41. The molecule has 0 aliphatic carbocycles. The summed E-state index contributed by atoms with van der Waals surface area (Å²) < 4.78 is 12.0. The van der Waals surface area contributed by atoms with E-state index in [2.05, 4.69) is 10.3 Å². The van der Waals surface area contributed by atoms with Crippen LogP contribution in [0.15, 0.2) is 85.2 Å². The molecule has 3 aromatic rings. The van der Waals surface area contributed by atoms with Gasteiger partial charge in [0.25, 0.3) is 5.78 Å². The average molecular weight is 337 g/mol. The average Bonchev–Trinajstić information content (AvgIpc) is 2.64. The maximum Gasteiger partial charge on any atom is 0.529 e. The lowest BCUT2D eigenvalue weighted by Crippen LogP contribution is -2.25. The van der Waals surface area contributed by atoms with E-state index in [0.29, 0.717) is 5.56 Å². The van der Waals surface area contributed by atoms with Crippen LogP contribution in [0, 0.1) is 0 Å². The summed E-state index contributed by atoms with van der Waals surface area (Å²) >= 11 is 0. The maximum absolute atomic E-state index is 12.0. The molecule has 0 bridgehead atoms. The summed E-state index contributed by atoms with van der Waals surface area (Å²) in [5.41, 5.74) is 2.77. The van der Waals surface area contributed by atoms with Crippen LogP contribution in [0.5, 0.6) is 0 Å². The molecule has 2 atom stereocenters. The largest absolute Gasteiger partial charge is 0.529 e. The Labute approximate surface area is 142 Å². The molecule has 120 valence electrons. The first-order chi connectivity index (χ1) is 11.8. The van der Waals surface area contributed by atoms with Crippen LogP contribution in [0.3, 0.4) is 0 Å². The molecule has 3 rings (SSSR count). The number of benzene rings is 2. The van der Waals surface area contributed by atoms with Gasteiger partial charge in [-0.1, -0.05) is 60.7 Å². The van der Waals surface area contributed by atoms with E-state index < -0.39 is 13.8 Å². The molecular formula is C19H18N2O2P+. The molecule has 2 unspecified atom stereocenters. The van der Waals surface area contributed by atoms with E-state index in [9.17, 15) is 9.46 Å². The lowest BCUT2D eigenvalue weighted by Gasteiger charge is -2.21. The van der Waals surface area contributed by atoms with Gasteiger partial charge >= 0.3 is 8.03 Å². The Morgan fingerprint density at radius 2 is 1.38 bits per heavy atom. The van der Waals surface area contributed by atoms with E-state index in [-0.39, 0.29) is 6.04 Å². The Morgan fingerprint density at radius 1 is 0.833 bits per heavy atom. The third-order valence-electron chi connectivity index (χ3n) is 3.81. The SMILES string of the molecule is O=[P+](O)C(NC(c1ccccc1)c1ccccc1)c1cccnc1. The molecule has 0 saturated heterocycles. The zero-order valence-corrected chi connectivity index (χ0v) is 13.9. The van der Waals surface area contributed by atoms with Crippen molar-refractivity contribution in [1.29, 1.82) is 0 Å². The third kappa shape index (κ3) is 3.92. The van der Waals surface area contributed by atoms with Gasteiger partial charge in [-0.25, -0.2) is 0 Å². The molecule has 4 nitrogen and oxygen atoms in total. The second-order valence-corrected chi connectivity index (χ2v) is 6.53. The highest BCUT2D eigenvalue weighted by Gasteiger charge is 2.34. The minimum Gasteiger partial charge on any atom is -0.264 e. The second kappa shape index (κ2) is 7.93. The summed E-state index contributed by atoms with van der Waals surface area (Å²) in [4.78, 5) is 13.9. The number of hydrogen-bond donors (Lipinski definition) is 2. The lowest BCUT2D eigenvalue weighted by atomic mass is 9.98. The van der Waals surface area contributed by atoms with Crippen LogP contribution >= 0.6 is 8.03 Å². The minimum atomic E-state index is -2.45. The molecule has 0 radical (unpaired) electrons. The summed E-state index contributed by atoms with van der Waals surface area (Å²) in [6, 6.07) is 23.2. The van der Waals surface area contributed by atoms with Crippen molar-refractivity contribution in [2.75, 3.05) is 0 Å². The Morgan fingerprint density at radius 3 is 1.83 bits per heavy atom. The quantitative estimate of drug-likeness (QED) is 0.662. The van der Waals surface area contributed by atoms with Crippen LogP contribution < -0.4 is 5.32 Å². The van der Waals surface area contributed by atoms with Gasteiger partial charge in [0.2, 0.25) is 0 Å². The van der Waals surface area contributed by atoms with Crippen LogP contribution in [0.1, 0.15) is 28.5 Å². The number of nitrogens with zero attached hydrogens (tertiary/aromatic N) is 1. The molecule has 0 spiro atoms. The molecule has 0 amide bonds. The van der Waals surface area contributed by atoms with Gasteiger partial charge in [-0.15, -0.1) is 0 Å². The molecule has 2 N–H and O–H groups in total. The fourth-order valence-electron chi connectivity index (χ4n) is 2.66. The van der Waals surface area contributed by atoms with E-state index in [1.54, 1.807) is 24.5 Å². The molecule has 0 saturated carbocycles. The molecule has 1 aromatic heterocycles. The normalized spacial score (nSPS) is 12.8. The van der Waals surface area contributed by atoms with Gasteiger partial charge in [0.15, 0.2) is 0 Å².